The molecule has 0 spiro atoms. The topological polar surface area (TPSA) is 108 Å². The molecular weight excluding hydrogens is 507 g/mol. The molecular formula is C24H63N9P3+3. The van der Waals surface area contributed by atoms with Gasteiger partial charge in [-0.15, -0.1) is 30.5 Å². The Morgan fingerprint density at radius 3 is 0.583 bits per heavy atom. The second-order valence-corrected chi connectivity index (χ2v) is 21.2. The molecule has 0 saturated carbocycles. The summed E-state index contributed by atoms with van der Waals surface area (Å²) in [6.45, 7) is 32.9. The van der Waals surface area contributed by atoms with E-state index in [1.54, 1.807) is 0 Å². The van der Waals surface area contributed by atoms with Gasteiger partial charge in [0, 0.05) is 53.8 Å². The van der Waals surface area contributed by atoms with Crippen molar-refractivity contribution in [3.05, 3.63) is 0 Å². The van der Waals surface area contributed by atoms with Gasteiger partial charge in [-0.3, -0.25) is 0 Å². The molecule has 1 aliphatic heterocycles. The molecule has 1 rings (SSSR count). The molecule has 0 unspecified atom stereocenters. The first kappa shape index (κ1) is 35.0. The first-order valence-corrected chi connectivity index (χ1v) is 19.5. The van der Waals surface area contributed by atoms with Crippen LogP contribution in [0, 0.1) is 35.5 Å². The Morgan fingerprint density at radius 2 is 0.472 bits per heavy atom. The predicted octanol–water partition coefficient (Wildman–Crippen LogP) is 5.28. The van der Waals surface area contributed by atoms with E-state index in [-0.39, 0.29) is 0 Å². The van der Waals surface area contributed by atoms with Crippen molar-refractivity contribution < 1.29 is 0 Å². The normalized spacial score (nSPS) is 19.5. The number of rotatable bonds is 18. The number of nitrogens with one attached hydrogen (secondary N) is 9. The van der Waals surface area contributed by atoms with Gasteiger partial charge in [0.2, 0.25) is 0 Å². The molecule has 0 aromatic rings. The Kier molecular flexibility index (Phi) is 15.8. The third-order valence-electron chi connectivity index (χ3n) is 5.32. The van der Waals surface area contributed by atoms with E-state index in [1.165, 1.54) is 0 Å². The van der Waals surface area contributed by atoms with Crippen LogP contribution in [-0.4, -0.2) is 39.3 Å². The van der Waals surface area contributed by atoms with Crippen LogP contribution >= 0.6 is 23.6 Å². The van der Waals surface area contributed by atoms with Gasteiger partial charge in [0.05, 0.1) is 0 Å². The highest BCUT2D eigenvalue weighted by Gasteiger charge is 2.72. The summed E-state index contributed by atoms with van der Waals surface area (Å²) in [4.78, 5) is 12.4. The van der Waals surface area contributed by atoms with E-state index in [0.29, 0.717) is 35.5 Å². The highest BCUT2D eigenvalue weighted by atomic mass is 31.3. The Morgan fingerprint density at radius 1 is 0.333 bits per heavy atom. The maximum absolute atomic E-state index is 4.14. The van der Waals surface area contributed by atoms with Gasteiger partial charge in [-0.25, -0.2) is 0 Å². The third kappa shape index (κ3) is 13.3. The van der Waals surface area contributed by atoms with E-state index >= 15 is 0 Å². The summed E-state index contributed by atoms with van der Waals surface area (Å²) < 4.78 is 0. The van der Waals surface area contributed by atoms with Gasteiger partial charge >= 0.3 is 23.6 Å². The Balaban J connectivity index is 3.61. The minimum Gasteiger partial charge on any atom is -0.141 e. The number of hydrogen-bond acceptors (Lipinski definition) is 9. The van der Waals surface area contributed by atoms with Gasteiger partial charge < -0.3 is 0 Å². The van der Waals surface area contributed by atoms with Crippen LogP contribution in [0.4, 0.5) is 0 Å². The van der Waals surface area contributed by atoms with E-state index in [9.17, 15) is 0 Å². The second-order valence-electron chi connectivity index (χ2n) is 12.8. The second kappa shape index (κ2) is 16.3. The van der Waals surface area contributed by atoms with Crippen LogP contribution in [0.5, 0.6) is 0 Å². The van der Waals surface area contributed by atoms with Gasteiger partial charge in [-0.2, -0.15) is 0 Å². The summed E-state index contributed by atoms with van der Waals surface area (Å²) in [7, 11) is -6.58. The molecule has 9 nitrogen and oxygen atoms in total. The highest BCUT2D eigenvalue weighted by Crippen LogP contribution is 2.71. The minimum absolute atomic E-state index is 0.543. The van der Waals surface area contributed by atoms with Crippen molar-refractivity contribution in [3.8, 4) is 0 Å². The lowest BCUT2D eigenvalue weighted by molar-refractivity contribution is 0.583. The van der Waals surface area contributed by atoms with E-state index in [2.05, 4.69) is 128 Å². The van der Waals surface area contributed by atoms with Crippen molar-refractivity contribution in [1.29, 1.82) is 0 Å². The molecule has 0 radical (unpaired) electrons. The first-order chi connectivity index (χ1) is 16.6. The molecule has 1 saturated heterocycles. The van der Waals surface area contributed by atoms with Crippen LogP contribution in [0.3, 0.4) is 0 Å². The molecule has 1 heterocycles. The minimum atomic E-state index is -2.19. The van der Waals surface area contributed by atoms with Crippen LogP contribution in [0.2, 0.25) is 0 Å². The quantitative estimate of drug-likeness (QED) is 0.102. The lowest BCUT2D eigenvalue weighted by Gasteiger charge is -2.42. The molecule has 1 aliphatic rings. The molecule has 0 atom stereocenters. The zero-order valence-corrected chi connectivity index (χ0v) is 28.2. The summed E-state index contributed by atoms with van der Waals surface area (Å²) in [5.41, 5.74) is 0. The number of hydrogen-bond donors (Lipinski definition) is 9. The average molecular weight is 571 g/mol. The molecule has 12 heteroatoms. The van der Waals surface area contributed by atoms with E-state index < -0.39 is 23.6 Å². The molecule has 0 bridgehead atoms. The molecule has 9 N–H and O–H groups in total. The van der Waals surface area contributed by atoms with Crippen molar-refractivity contribution in [2.75, 3.05) is 39.3 Å². The van der Waals surface area contributed by atoms with Crippen LogP contribution in [0.1, 0.15) is 83.1 Å². The van der Waals surface area contributed by atoms with Crippen LogP contribution < -0.4 is 45.1 Å². The molecule has 216 valence electrons. The fourth-order valence-electron chi connectivity index (χ4n) is 3.25. The van der Waals surface area contributed by atoms with Gasteiger partial charge in [0.1, 0.15) is 0 Å². The Hall–Kier alpha value is 0.930. The maximum atomic E-state index is 4.14. The van der Waals surface area contributed by atoms with E-state index in [0.717, 1.165) is 39.3 Å². The Labute approximate surface area is 226 Å². The fourth-order valence-corrected chi connectivity index (χ4v) is 18.0. The summed E-state index contributed by atoms with van der Waals surface area (Å²) in [6.07, 6.45) is 0. The maximum Gasteiger partial charge on any atom is 0.374 e. The zero-order valence-electron chi connectivity index (χ0n) is 25.5. The van der Waals surface area contributed by atoms with Gasteiger partial charge in [-0.1, -0.05) is 83.1 Å². The smallest absolute Gasteiger partial charge is 0.141 e. The first-order valence-electron chi connectivity index (χ1n) is 14.2. The largest absolute Gasteiger partial charge is 0.374 e. The van der Waals surface area contributed by atoms with Crippen molar-refractivity contribution in [2.24, 2.45) is 35.5 Å². The van der Waals surface area contributed by atoms with Gasteiger partial charge in [0.15, 0.2) is 0 Å². The van der Waals surface area contributed by atoms with Gasteiger partial charge in [0.25, 0.3) is 0 Å². The van der Waals surface area contributed by atoms with E-state index in [1.807, 2.05) is 0 Å². The molecule has 36 heavy (non-hydrogen) atoms. The van der Waals surface area contributed by atoms with Crippen molar-refractivity contribution in [1.82, 2.24) is 45.1 Å². The summed E-state index contributed by atoms with van der Waals surface area (Å²) >= 11 is 0. The molecule has 0 aromatic carbocycles. The zero-order chi connectivity index (χ0) is 27.6. The van der Waals surface area contributed by atoms with Gasteiger partial charge in [-0.05, 0) is 35.5 Å². The molecule has 0 aromatic heterocycles. The standard InChI is InChI=1S/C24H63N9P3/c1-19(2)13-25-34(26-14-20(3)4)31-35(27-15-21(5)6,28-16-22(7)8)33-36(32-34,29-17-23(9)10)30-18-24(11)12/h19-33H,13-18H2,1-12H3/q+3. The van der Waals surface area contributed by atoms with Crippen molar-refractivity contribution in [2.45, 2.75) is 83.1 Å². The summed E-state index contributed by atoms with van der Waals surface area (Å²) in [5.74, 6) is 3.26. The Bertz CT molecular complexity index is 475. The van der Waals surface area contributed by atoms with Crippen LogP contribution in [-0.2, 0) is 0 Å². The fraction of sp³-hybridized carbons (Fsp3) is 1.00. The van der Waals surface area contributed by atoms with Crippen molar-refractivity contribution in [3.63, 3.8) is 0 Å². The molecule has 0 aliphatic carbocycles. The SMILES string of the molecule is CC(C)CN[P+]1(NCC(C)C)N[P+](NCC(C)C)(NCC(C)C)N[P+](NCC(C)C)(NCC(C)C)N1. The molecule has 1 fully saturated rings. The van der Waals surface area contributed by atoms with Crippen LogP contribution in [0.15, 0.2) is 0 Å². The summed E-state index contributed by atoms with van der Waals surface area (Å²) in [6, 6.07) is 0. The monoisotopic (exact) mass is 570 g/mol. The predicted molar refractivity (Wildman–Crippen MR) is 167 cm³/mol. The highest BCUT2D eigenvalue weighted by molar-refractivity contribution is 7.97. The van der Waals surface area contributed by atoms with Crippen LogP contribution in [0.25, 0.3) is 0 Å². The molecule has 0 amide bonds. The lowest BCUT2D eigenvalue weighted by atomic mass is 10.2. The lowest BCUT2D eigenvalue weighted by Crippen LogP contribution is -2.64. The van der Waals surface area contributed by atoms with E-state index in [4.69, 9.17) is 0 Å². The van der Waals surface area contributed by atoms with Crippen molar-refractivity contribution >= 4 is 23.6 Å². The third-order valence-corrected chi connectivity index (χ3v) is 16.5. The summed E-state index contributed by atoms with van der Waals surface area (Å²) in [5, 5.41) is 23.9. The average Bonchev–Trinajstić information content (AvgIpc) is 2.76.